The van der Waals surface area contributed by atoms with E-state index in [1.165, 1.54) is 12.1 Å². The lowest BCUT2D eigenvalue weighted by Gasteiger charge is -2.18. The van der Waals surface area contributed by atoms with Gasteiger partial charge in [0, 0.05) is 18.5 Å². The summed E-state index contributed by atoms with van der Waals surface area (Å²) >= 11 is 0. The Morgan fingerprint density at radius 2 is 2.23 bits per heavy atom. The molecule has 1 fully saturated rings. The Morgan fingerprint density at radius 3 is 3.00 bits per heavy atom. The minimum absolute atomic E-state index is 0.0786. The fourth-order valence-electron chi connectivity index (χ4n) is 3.00. The van der Waals surface area contributed by atoms with E-state index in [0.717, 1.165) is 31.5 Å². The zero-order valence-corrected chi connectivity index (χ0v) is 12.4. The number of carbonyl (C=O) groups is 2. The van der Waals surface area contributed by atoms with Crippen LogP contribution in [0.3, 0.4) is 0 Å². The first kappa shape index (κ1) is 15.0. The van der Waals surface area contributed by atoms with Crippen LogP contribution >= 0.6 is 0 Å². The normalized spacial score (nSPS) is 20.4. The maximum Gasteiger partial charge on any atom is 0.224 e. The fraction of sp³-hybridized carbons (Fsp3) is 0.500. The van der Waals surface area contributed by atoms with Crippen molar-refractivity contribution >= 4 is 23.2 Å². The zero-order chi connectivity index (χ0) is 15.5. The van der Waals surface area contributed by atoms with Crippen molar-refractivity contribution in [3.8, 4) is 0 Å². The molecule has 3 rings (SSSR count). The summed E-state index contributed by atoms with van der Waals surface area (Å²) in [4.78, 5) is 23.4. The summed E-state index contributed by atoms with van der Waals surface area (Å²) < 4.78 is 14.0. The van der Waals surface area contributed by atoms with Crippen molar-refractivity contribution in [1.82, 2.24) is 5.32 Å². The average Bonchev–Trinajstić information content (AvgIpc) is 3.00. The molecular formula is C16H20FN3O2. The van der Waals surface area contributed by atoms with Crippen molar-refractivity contribution in [2.75, 3.05) is 23.7 Å². The number of rotatable bonds is 4. The van der Waals surface area contributed by atoms with E-state index in [4.69, 9.17) is 0 Å². The molecule has 22 heavy (non-hydrogen) atoms. The highest BCUT2D eigenvalue weighted by Gasteiger charge is 2.19. The van der Waals surface area contributed by atoms with Crippen LogP contribution in [0.4, 0.5) is 15.8 Å². The zero-order valence-electron chi connectivity index (χ0n) is 12.4. The molecule has 5 nitrogen and oxygen atoms in total. The minimum Gasteiger partial charge on any atom is -0.326 e. The van der Waals surface area contributed by atoms with Crippen LogP contribution in [0.15, 0.2) is 12.1 Å². The Bertz CT molecular complexity index is 597. The summed E-state index contributed by atoms with van der Waals surface area (Å²) in [5.74, 6) is -0.192. The predicted octanol–water partition coefficient (Wildman–Crippen LogP) is 2.04. The Hall–Kier alpha value is -1.95. The lowest BCUT2D eigenvalue weighted by Crippen LogP contribution is -2.20. The molecule has 0 spiro atoms. The summed E-state index contributed by atoms with van der Waals surface area (Å²) in [7, 11) is 0. The SMILES string of the molecule is O=C(CCC1CCNC1)Nc1cc2c(cc1F)CCC(=O)N2. The molecular weight excluding hydrogens is 285 g/mol. The van der Waals surface area contributed by atoms with Gasteiger partial charge in [0.2, 0.25) is 11.8 Å². The molecule has 0 aliphatic carbocycles. The van der Waals surface area contributed by atoms with Gasteiger partial charge < -0.3 is 16.0 Å². The van der Waals surface area contributed by atoms with E-state index in [1.54, 1.807) is 0 Å². The first-order valence-electron chi connectivity index (χ1n) is 7.74. The van der Waals surface area contributed by atoms with Crippen LogP contribution < -0.4 is 16.0 Å². The number of benzene rings is 1. The Labute approximate surface area is 128 Å². The predicted molar refractivity (Wildman–Crippen MR) is 82.2 cm³/mol. The molecule has 2 heterocycles. The van der Waals surface area contributed by atoms with Crippen molar-refractivity contribution in [1.29, 1.82) is 0 Å². The van der Waals surface area contributed by atoms with Crippen LogP contribution in [-0.2, 0) is 16.0 Å². The Kier molecular flexibility index (Phi) is 4.38. The number of halogens is 1. The van der Waals surface area contributed by atoms with E-state index in [1.807, 2.05) is 0 Å². The minimum atomic E-state index is -0.453. The Balaban J connectivity index is 1.62. The maximum atomic E-state index is 14.0. The van der Waals surface area contributed by atoms with Gasteiger partial charge in [-0.25, -0.2) is 4.39 Å². The van der Waals surface area contributed by atoms with Crippen molar-refractivity contribution in [3.63, 3.8) is 0 Å². The number of aryl methyl sites for hydroxylation is 1. The highest BCUT2D eigenvalue weighted by atomic mass is 19.1. The number of anilines is 2. The molecule has 0 saturated carbocycles. The third-order valence-corrected chi connectivity index (χ3v) is 4.30. The summed E-state index contributed by atoms with van der Waals surface area (Å²) in [5, 5.41) is 8.59. The highest BCUT2D eigenvalue weighted by molar-refractivity contribution is 5.96. The molecule has 1 unspecified atom stereocenters. The molecule has 2 aliphatic rings. The standard InChI is InChI=1S/C16H20FN3O2/c17-12-7-11-2-4-16(22)19-13(11)8-14(12)20-15(21)3-1-10-5-6-18-9-10/h7-8,10,18H,1-6,9H2,(H,19,22)(H,20,21). The van der Waals surface area contributed by atoms with Gasteiger partial charge in [0.1, 0.15) is 5.82 Å². The first-order valence-corrected chi connectivity index (χ1v) is 7.74. The highest BCUT2D eigenvalue weighted by Crippen LogP contribution is 2.28. The van der Waals surface area contributed by atoms with E-state index < -0.39 is 5.82 Å². The molecule has 0 aromatic heterocycles. The summed E-state index contributed by atoms with van der Waals surface area (Å²) in [6.45, 7) is 1.96. The molecule has 118 valence electrons. The smallest absolute Gasteiger partial charge is 0.224 e. The molecule has 1 atom stereocenters. The second kappa shape index (κ2) is 6.44. The number of hydrogen-bond acceptors (Lipinski definition) is 3. The van der Waals surface area contributed by atoms with Gasteiger partial charge in [-0.1, -0.05) is 0 Å². The van der Waals surface area contributed by atoms with Crippen molar-refractivity contribution in [2.45, 2.75) is 32.1 Å². The largest absolute Gasteiger partial charge is 0.326 e. The van der Waals surface area contributed by atoms with Gasteiger partial charge in [-0.05, 0) is 56.0 Å². The topological polar surface area (TPSA) is 70.2 Å². The lowest BCUT2D eigenvalue weighted by molar-refractivity contribution is -0.117. The number of fused-ring (bicyclic) bond motifs is 1. The molecule has 0 bridgehead atoms. The van der Waals surface area contributed by atoms with Crippen LogP contribution in [0.2, 0.25) is 0 Å². The van der Waals surface area contributed by atoms with Gasteiger partial charge in [-0.3, -0.25) is 9.59 Å². The number of nitrogens with one attached hydrogen (secondary N) is 3. The van der Waals surface area contributed by atoms with Crippen molar-refractivity contribution in [2.24, 2.45) is 5.92 Å². The van der Waals surface area contributed by atoms with E-state index in [2.05, 4.69) is 16.0 Å². The number of amides is 2. The molecule has 1 saturated heterocycles. The van der Waals surface area contributed by atoms with Gasteiger partial charge in [0.05, 0.1) is 5.69 Å². The van der Waals surface area contributed by atoms with Crippen LogP contribution in [0.25, 0.3) is 0 Å². The third-order valence-electron chi connectivity index (χ3n) is 4.30. The van der Waals surface area contributed by atoms with Gasteiger partial charge in [0.15, 0.2) is 0 Å². The number of carbonyl (C=O) groups excluding carboxylic acids is 2. The van der Waals surface area contributed by atoms with Gasteiger partial charge in [-0.2, -0.15) is 0 Å². The molecule has 2 amide bonds. The fourth-order valence-corrected chi connectivity index (χ4v) is 3.00. The summed E-state index contributed by atoms with van der Waals surface area (Å²) in [6, 6.07) is 2.90. The van der Waals surface area contributed by atoms with Crippen LogP contribution in [-0.4, -0.2) is 24.9 Å². The Morgan fingerprint density at radius 1 is 1.36 bits per heavy atom. The molecule has 3 N–H and O–H groups in total. The van der Waals surface area contributed by atoms with Crippen LogP contribution in [0.5, 0.6) is 0 Å². The van der Waals surface area contributed by atoms with Gasteiger partial charge in [-0.15, -0.1) is 0 Å². The third kappa shape index (κ3) is 3.44. The van der Waals surface area contributed by atoms with Crippen LogP contribution in [0.1, 0.15) is 31.2 Å². The molecule has 6 heteroatoms. The molecule has 1 aromatic rings. The monoisotopic (exact) mass is 305 g/mol. The quantitative estimate of drug-likeness (QED) is 0.797. The summed E-state index contributed by atoms with van der Waals surface area (Å²) in [5.41, 5.74) is 1.50. The first-order chi connectivity index (χ1) is 10.6. The van der Waals surface area contributed by atoms with E-state index in [-0.39, 0.29) is 17.5 Å². The van der Waals surface area contributed by atoms with E-state index >= 15 is 0 Å². The average molecular weight is 305 g/mol. The maximum absolute atomic E-state index is 14.0. The van der Waals surface area contributed by atoms with E-state index in [0.29, 0.717) is 30.9 Å². The van der Waals surface area contributed by atoms with E-state index in [9.17, 15) is 14.0 Å². The molecule has 0 radical (unpaired) electrons. The second-order valence-electron chi connectivity index (χ2n) is 5.98. The van der Waals surface area contributed by atoms with Gasteiger partial charge in [0.25, 0.3) is 0 Å². The summed E-state index contributed by atoms with van der Waals surface area (Å²) in [6.07, 6.45) is 3.18. The second-order valence-corrected chi connectivity index (χ2v) is 5.98. The lowest BCUT2D eigenvalue weighted by atomic mass is 10.0. The molecule has 2 aliphatic heterocycles. The molecule has 1 aromatic carbocycles. The number of hydrogen-bond donors (Lipinski definition) is 3. The van der Waals surface area contributed by atoms with Crippen molar-refractivity contribution < 1.29 is 14.0 Å². The van der Waals surface area contributed by atoms with Crippen molar-refractivity contribution in [3.05, 3.63) is 23.5 Å². The van der Waals surface area contributed by atoms with Crippen LogP contribution in [0, 0.1) is 11.7 Å². The van der Waals surface area contributed by atoms with Gasteiger partial charge >= 0.3 is 0 Å².